The van der Waals surface area contributed by atoms with E-state index in [9.17, 15) is 10.0 Å². The molecule has 6 heteroatoms. The Hall–Kier alpha value is -1.61. The van der Waals surface area contributed by atoms with Crippen LogP contribution in [-0.2, 0) is 9.53 Å². The Morgan fingerprint density at radius 3 is 2.72 bits per heavy atom. The number of hydrogen-bond acceptors (Lipinski definition) is 5. The number of benzene rings is 1. The molecule has 0 saturated carbocycles. The van der Waals surface area contributed by atoms with Crippen molar-refractivity contribution in [2.24, 2.45) is 0 Å². The summed E-state index contributed by atoms with van der Waals surface area (Å²) in [6.07, 6.45) is 0. The van der Waals surface area contributed by atoms with Crippen LogP contribution >= 0.6 is 11.6 Å². The normalized spacial score (nSPS) is 29.4. The summed E-state index contributed by atoms with van der Waals surface area (Å²) in [6.45, 7) is 1.80. The van der Waals surface area contributed by atoms with Gasteiger partial charge in [0.15, 0.2) is 0 Å². The van der Waals surface area contributed by atoms with Crippen molar-refractivity contribution in [3.8, 4) is 6.07 Å². The van der Waals surface area contributed by atoms with Crippen molar-refractivity contribution in [3.63, 3.8) is 0 Å². The third-order valence-corrected chi connectivity index (χ3v) is 3.13. The molecule has 2 rings (SSSR count). The molecule has 94 valence electrons. The van der Waals surface area contributed by atoms with E-state index in [0.29, 0.717) is 15.6 Å². The average Bonchev–Trinajstić information content (AvgIpc) is 2.97. The van der Waals surface area contributed by atoms with Crippen molar-refractivity contribution in [2.45, 2.75) is 18.5 Å². The Labute approximate surface area is 109 Å². The van der Waals surface area contributed by atoms with Crippen molar-refractivity contribution >= 4 is 17.6 Å². The maximum absolute atomic E-state index is 11.7. The largest absolute Gasteiger partial charge is 0.464 e. The van der Waals surface area contributed by atoms with Crippen molar-refractivity contribution in [1.82, 2.24) is 5.06 Å². The lowest BCUT2D eigenvalue weighted by Gasteiger charge is -2.05. The number of esters is 1. The van der Waals surface area contributed by atoms with Gasteiger partial charge < -0.3 is 9.94 Å². The Kier molecular flexibility index (Phi) is 3.26. The van der Waals surface area contributed by atoms with Gasteiger partial charge in [-0.2, -0.15) is 5.26 Å². The first-order valence-electron chi connectivity index (χ1n) is 5.40. The number of carbonyl (C=O) groups is 1. The fourth-order valence-corrected chi connectivity index (χ4v) is 2.04. The van der Waals surface area contributed by atoms with Crippen LogP contribution in [0.2, 0.25) is 5.02 Å². The number of hydrogen-bond donors (Lipinski definition) is 1. The molecule has 1 saturated heterocycles. The van der Waals surface area contributed by atoms with E-state index in [1.54, 1.807) is 31.2 Å². The zero-order chi connectivity index (χ0) is 13.3. The van der Waals surface area contributed by atoms with Crippen molar-refractivity contribution in [2.75, 3.05) is 6.61 Å². The molecule has 1 aromatic carbocycles. The van der Waals surface area contributed by atoms with Gasteiger partial charge in [0, 0.05) is 5.02 Å². The molecule has 1 aromatic rings. The van der Waals surface area contributed by atoms with Gasteiger partial charge in [-0.1, -0.05) is 23.7 Å². The van der Waals surface area contributed by atoms with E-state index in [4.69, 9.17) is 21.6 Å². The molecular formula is C12H11ClN2O3. The summed E-state index contributed by atoms with van der Waals surface area (Å²) in [4.78, 5) is 11.7. The number of ether oxygens (including phenoxy) is 1. The minimum absolute atomic E-state index is 0.156. The molecule has 1 heterocycles. The number of nitriles is 1. The number of hydroxylamine groups is 2. The number of nitrogens with zero attached hydrogens (tertiary/aromatic N) is 2. The minimum Gasteiger partial charge on any atom is -0.464 e. The molecule has 0 amide bonds. The van der Waals surface area contributed by atoms with Gasteiger partial charge in [-0.15, -0.1) is 5.06 Å². The molecule has 0 bridgehead atoms. The fraction of sp³-hybridized carbons (Fsp3) is 0.333. The summed E-state index contributed by atoms with van der Waals surface area (Å²) in [5.41, 5.74) is -0.999. The van der Waals surface area contributed by atoms with E-state index in [1.807, 2.05) is 6.07 Å². The summed E-state index contributed by atoms with van der Waals surface area (Å²) >= 11 is 5.76. The van der Waals surface area contributed by atoms with E-state index in [0.717, 1.165) is 0 Å². The lowest BCUT2D eigenvalue weighted by atomic mass is 10.0. The summed E-state index contributed by atoms with van der Waals surface area (Å²) in [7, 11) is 0. The van der Waals surface area contributed by atoms with Crippen LogP contribution in [-0.4, -0.2) is 28.4 Å². The molecule has 1 aliphatic rings. The highest BCUT2D eigenvalue weighted by Crippen LogP contribution is 2.52. The highest BCUT2D eigenvalue weighted by molar-refractivity contribution is 6.30. The molecule has 3 unspecified atom stereocenters. The van der Waals surface area contributed by atoms with Gasteiger partial charge in [0.05, 0.1) is 6.61 Å². The molecule has 0 radical (unpaired) electrons. The first-order valence-corrected chi connectivity index (χ1v) is 5.78. The second-order valence-electron chi connectivity index (χ2n) is 3.90. The summed E-state index contributed by atoms with van der Waals surface area (Å²) in [5.74, 6) is -0.741. The van der Waals surface area contributed by atoms with Gasteiger partial charge in [0.25, 0.3) is 5.54 Å². The maximum Gasteiger partial charge on any atom is 0.345 e. The van der Waals surface area contributed by atoms with Crippen LogP contribution in [0.5, 0.6) is 0 Å². The average molecular weight is 267 g/mol. The highest BCUT2D eigenvalue weighted by atomic mass is 35.5. The van der Waals surface area contributed by atoms with Crippen LogP contribution in [0.4, 0.5) is 0 Å². The molecule has 1 fully saturated rings. The van der Waals surface area contributed by atoms with E-state index >= 15 is 0 Å². The third-order valence-electron chi connectivity index (χ3n) is 2.88. The van der Waals surface area contributed by atoms with Crippen molar-refractivity contribution < 1.29 is 14.7 Å². The predicted octanol–water partition coefficient (Wildman–Crippen LogP) is 1.91. The van der Waals surface area contributed by atoms with E-state index in [1.165, 1.54) is 0 Å². The molecule has 1 N–H and O–H groups in total. The van der Waals surface area contributed by atoms with Crippen LogP contribution in [0.1, 0.15) is 18.5 Å². The molecule has 5 nitrogen and oxygen atoms in total. The Morgan fingerprint density at radius 1 is 1.61 bits per heavy atom. The van der Waals surface area contributed by atoms with Crippen LogP contribution in [0.15, 0.2) is 24.3 Å². The van der Waals surface area contributed by atoms with Crippen LogP contribution in [0.3, 0.4) is 0 Å². The summed E-state index contributed by atoms with van der Waals surface area (Å²) in [5, 5.41) is 20.1. The first-order chi connectivity index (χ1) is 8.57. The van der Waals surface area contributed by atoms with Crippen LogP contribution in [0, 0.1) is 11.3 Å². The van der Waals surface area contributed by atoms with E-state index in [2.05, 4.69) is 0 Å². The minimum atomic E-state index is -1.64. The van der Waals surface area contributed by atoms with Crippen LogP contribution < -0.4 is 0 Å². The van der Waals surface area contributed by atoms with Gasteiger partial charge >= 0.3 is 5.97 Å². The maximum atomic E-state index is 11.7. The van der Waals surface area contributed by atoms with Crippen molar-refractivity contribution in [3.05, 3.63) is 34.9 Å². The monoisotopic (exact) mass is 266 g/mol. The van der Waals surface area contributed by atoms with E-state index < -0.39 is 17.6 Å². The molecule has 0 aliphatic carbocycles. The second kappa shape index (κ2) is 4.58. The number of halogens is 1. The van der Waals surface area contributed by atoms with Gasteiger partial charge in [-0.3, -0.25) is 0 Å². The topological polar surface area (TPSA) is 73.3 Å². The molecule has 18 heavy (non-hydrogen) atoms. The highest BCUT2D eigenvalue weighted by Gasteiger charge is 2.71. The van der Waals surface area contributed by atoms with Gasteiger partial charge in [0.2, 0.25) is 0 Å². The fourth-order valence-electron chi connectivity index (χ4n) is 1.91. The van der Waals surface area contributed by atoms with Gasteiger partial charge in [-0.05, 0) is 24.6 Å². The third kappa shape index (κ3) is 1.75. The smallest absolute Gasteiger partial charge is 0.345 e. The second-order valence-corrected chi connectivity index (χ2v) is 4.33. The molecular weight excluding hydrogens is 256 g/mol. The predicted molar refractivity (Wildman–Crippen MR) is 62.8 cm³/mol. The van der Waals surface area contributed by atoms with Crippen molar-refractivity contribution in [1.29, 1.82) is 5.26 Å². The molecule has 0 aromatic heterocycles. The SMILES string of the molecule is CCOC(=O)C1(C#N)C(c2ccc(Cl)cc2)N1O. The van der Waals surface area contributed by atoms with Gasteiger partial charge in [-0.25, -0.2) is 4.79 Å². The zero-order valence-electron chi connectivity index (χ0n) is 9.63. The Morgan fingerprint density at radius 2 is 2.22 bits per heavy atom. The molecule has 0 spiro atoms. The lowest BCUT2D eigenvalue weighted by molar-refractivity contribution is -0.149. The standard InChI is InChI=1S/C12H11ClN2O3/c1-2-18-11(16)12(7-14)10(15(12)17)8-3-5-9(13)6-4-8/h3-6,10,17H,2H2,1H3. The number of carbonyl (C=O) groups excluding carboxylic acids is 1. The first kappa shape index (κ1) is 12.8. The zero-order valence-corrected chi connectivity index (χ0v) is 10.4. The Balaban J connectivity index is 2.29. The number of rotatable bonds is 3. The molecule has 3 atom stereocenters. The Bertz CT molecular complexity index is 511. The summed E-state index contributed by atoms with van der Waals surface area (Å²) in [6, 6.07) is 7.70. The lowest BCUT2D eigenvalue weighted by Crippen LogP contribution is -2.29. The quantitative estimate of drug-likeness (QED) is 0.668. The summed E-state index contributed by atoms with van der Waals surface area (Å²) < 4.78 is 4.82. The van der Waals surface area contributed by atoms with Gasteiger partial charge in [0.1, 0.15) is 12.1 Å². The van der Waals surface area contributed by atoms with E-state index in [-0.39, 0.29) is 6.61 Å². The molecule has 1 aliphatic heterocycles. The van der Waals surface area contributed by atoms with Crippen LogP contribution in [0.25, 0.3) is 0 Å².